The van der Waals surface area contributed by atoms with Crippen molar-refractivity contribution in [1.82, 2.24) is 29.5 Å². The van der Waals surface area contributed by atoms with Gasteiger partial charge in [0.1, 0.15) is 11.8 Å². The summed E-state index contributed by atoms with van der Waals surface area (Å²) in [5.74, 6) is 0.919. The van der Waals surface area contributed by atoms with E-state index >= 15 is 0 Å². The molecule has 0 aliphatic carbocycles. The van der Waals surface area contributed by atoms with Crippen LogP contribution in [0.3, 0.4) is 0 Å². The van der Waals surface area contributed by atoms with Crippen LogP contribution >= 0.6 is 0 Å². The van der Waals surface area contributed by atoms with Crippen molar-refractivity contribution in [2.45, 2.75) is 38.4 Å². The summed E-state index contributed by atoms with van der Waals surface area (Å²) in [6, 6.07) is 1.48. The van der Waals surface area contributed by atoms with Gasteiger partial charge in [-0.3, -0.25) is 14.4 Å². The average molecular weight is 506 g/mol. The standard InChI is InChI=1S/C18H19F3N6O.C6H11NO/c1-26-5-4-10-6-14(28-3)13(7-12(10)15(26)18(19,20)21)24-17-22-8-11-9-23-27(2)16(11)25-17;1-6(8)7-4-2-3-5-7/h6-9,15H,4-5H2,1-3H3,(H,22,24,25);2-5H2,1H3. The van der Waals surface area contributed by atoms with E-state index in [2.05, 4.69) is 20.4 Å². The molecular formula is C24H30F3N7O2. The number of carbonyl (C=O) groups excluding carboxylic acids is 1. The van der Waals surface area contributed by atoms with Crippen molar-refractivity contribution in [2.75, 3.05) is 39.1 Å². The van der Waals surface area contributed by atoms with Gasteiger partial charge in [-0.25, -0.2) is 4.98 Å². The van der Waals surface area contributed by atoms with E-state index in [0.29, 0.717) is 35.6 Å². The number of carbonyl (C=O) groups is 1. The molecule has 0 radical (unpaired) electrons. The monoisotopic (exact) mass is 505 g/mol. The second-order valence-electron chi connectivity index (χ2n) is 9.00. The van der Waals surface area contributed by atoms with Crippen molar-refractivity contribution < 1.29 is 22.7 Å². The first-order valence-electron chi connectivity index (χ1n) is 11.7. The van der Waals surface area contributed by atoms with Crippen molar-refractivity contribution in [3.8, 4) is 5.75 Å². The van der Waals surface area contributed by atoms with Crippen LogP contribution in [-0.2, 0) is 18.3 Å². The molecule has 194 valence electrons. The van der Waals surface area contributed by atoms with Crippen LogP contribution in [0.4, 0.5) is 24.8 Å². The summed E-state index contributed by atoms with van der Waals surface area (Å²) in [7, 11) is 4.72. The smallest absolute Gasteiger partial charge is 0.408 e. The minimum absolute atomic E-state index is 0.214. The summed E-state index contributed by atoms with van der Waals surface area (Å²) >= 11 is 0. The number of hydrogen-bond acceptors (Lipinski definition) is 7. The third kappa shape index (κ3) is 5.38. The van der Waals surface area contributed by atoms with Gasteiger partial charge in [0, 0.05) is 39.8 Å². The molecular weight excluding hydrogens is 475 g/mol. The number of aryl methyl sites for hydroxylation is 1. The Morgan fingerprint density at radius 2 is 1.86 bits per heavy atom. The highest BCUT2D eigenvalue weighted by atomic mass is 19.4. The number of nitrogens with zero attached hydrogens (tertiary/aromatic N) is 6. The number of ether oxygens (including phenoxy) is 1. The number of benzene rings is 1. The number of nitrogens with one attached hydrogen (secondary N) is 1. The van der Waals surface area contributed by atoms with Crippen LogP contribution < -0.4 is 10.1 Å². The fourth-order valence-corrected chi connectivity index (χ4v) is 4.61. The van der Waals surface area contributed by atoms with E-state index in [1.165, 1.54) is 38.0 Å². The summed E-state index contributed by atoms with van der Waals surface area (Å²) < 4.78 is 48.0. The number of hydrogen-bond donors (Lipinski definition) is 1. The second-order valence-corrected chi connectivity index (χ2v) is 9.00. The van der Waals surface area contributed by atoms with Crippen LogP contribution in [0.1, 0.15) is 36.9 Å². The van der Waals surface area contributed by atoms with E-state index in [0.717, 1.165) is 18.5 Å². The maximum atomic E-state index is 13.7. The number of rotatable bonds is 3. The maximum absolute atomic E-state index is 13.7. The van der Waals surface area contributed by atoms with Crippen molar-refractivity contribution >= 4 is 28.6 Å². The first-order chi connectivity index (χ1) is 17.1. The number of methoxy groups -OCH3 is 1. The van der Waals surface area contributed by atoms with Gasteiger partial charge in [0.2, 0.25) is 11.9 Å². The molecule has 0 spiro atoms. The third-order valence-corrected chi connectivity index (χ3v) is 6.51. The normalized spacial score (nSPS) is 18.0. The Morgan fingerprint density at radius 1 is 1.14 bits per heavy atom. The van der Waals surface area contributed by atoms with E-state index in [1.54, 1.807) is 37.1 Å². The van der Waals surface area contributed by atoms with E-state index in [-0.39, 0.29) is 17.4 Å². The van der Waals surface area contributed by atoms with Crippen LogP contribution in [0.25, 0.3) is 11.0 Å². The zero-order chi connectivity index (χ0) is 26.0. The van der Waals surface area contributed by atoms with Crippen molar-refractivity contribution in [1.29, 1.82) is 0 Å². The Kier molecular flexibility index (Phi) is 7.34. The predicted molar refractivity (Wildman–Crippen MR) is 129 cm³/mol. The fraction of sp³-hybridized carbons (Fsp3) is 0.500. The number of likely N-dealkylation sites (N-methyl/N-ethyl adjacent to an activating group) is 1. The Morgan fingerprint density at radius 3 is 2.47 bits per heavy atom. The summed E-state index contributed by atoms with van der Waals surface area (Å²) in [6.45, 7) is 3.92. The number of amides is 1. The first-order valence-corrected chi connectivity index (χ1v) is 11.7. The van der Waals surface area contributed by atoms with E-state index < -0.39 is 12.2 Å². The summed E-state index contributed by atoms with van der Waals surface area (Å²) in [5.41, 5.74) is 1.84. The lowest BCUT2D eigenvalue weighted by Crippen LogP contribution is -2.40. The number of likely N-dealkylation sites (tertiary alicyclic amines) is 1. The Hall–Kier alpha value is -3.41. The second kappa shape index (κ2) is 10.3. The summed E-state index contributed by atoms with van der Waals surface area (Å²) in [4.78, 5) is 22.4. The van der Waals surface area contributed by atoms with Crippen LogP contribution in [0.15, 0.2) is 24.5 Å². The fourth-order valence-electron chi connectivity index (χ4n) is 4.61. The zero-order valence-electron chi connectivity index (χ0n) is 20.8. The van der Waals surface area contributed by atoms with Gasteiger partial charge < -0.3 is 15.0 Å². The third-order valence-electron chi connectivity index (χ3n) is 6.51. The van der Waals surface area contributed by atoms with E-state index in [4.69, 9.17) is 4.74 Å². The lowest BCUT2D eigenvalue weighted by molar-refractivity contribution is -0.185. The molecule has 5 rings (SSSR count). The molecule has 2 aliphatic heterocycles. The van der Waals surface area contributed by atoms with Crippen molar-refractivity contribution in [3.05, 3.63) is 35.7 Å². The minimum atomic E-state index is -4.38. The maximum Gasteiger partial charge on any atom is 0.408 e. The molecule has 1 aromatic carbocycles. The number of alkyl halides is 3. The molecule has 2 aromatic heterocycles. The molecule has 2 aliphatic rings. The quantitative estimate of drug-likeness (QED) is 0.579. The molecule has 0 saturated carbocycles. The Bertz CT molecular complexity index is 1240. The predicted octanol–water partition coefficient (Wildman–Crippen LogP) is 3.84. The molecule has 36 heavy (non-hydrogen) atoms. The van der Waals surface area contributed by atoms with Gasteiger partial charge in [-0.05, 0) is 49.6 Å². The van der Waals surface area contributed by atoms with Crippen LogP contribution in [0, 0.1) is 0 Å². The first kappa shape index (κ1) is 25.7. The highest BCUT2D eigenvalue weighted by molar-refractivity contribution is 5.76. The van der Waals surface area contributed by atoms with Gasteiger partial charge in [-0.2, -0.15) is 23.3 Å². The van der Waals surface area contributed by atoms with Crippen LogP contribution in [0.2, 0.25) is 0 Å². The minimum Gasteiger partial charge on any atom is -0.495 e. The number of anilines is 2. The average Bonchev–Trinajstić information content (AvgIpc) is 3.49. The highest BCUT2D eigenvalue weighted by Crippen LogP contribution is 2.44. The molecule has 0 bridgehead atoms. The lowest BCUT2D eigenvalue weighted by atomic mass is 9.91. The molecule has 3 aromatic rings. The molecule has 9 nitrogen and oxygen atoms in total. The van der Waals surface area contributed by atoms with E-state index in [1.807, 2.05) is 4.90 Å². The number of halogens is 3. The highest BCUT2D eigenvalue weighted by Gasteiger charge is 2.46. The molecule has 1 amide bonds. The van der Waals surface area contributed by atoms with Gasteiger partial charge in [0.15, 0.2) is 5.65 Å². The topological polar surface area (TPSA) is 88.4 Å². The Balaban J connectivity index is 0.000000325. The number of aromatic nitrogens is 4. The van der Waals surface area contributed by atoms with Gasteiger partial charge >= 0.3 is 6.18 Å². The van der Waals surface area contributed by atoms with Crippen LogP contribution in [0.5, 0.6) is 5.75 Å². The molecule has 1 atom stereocenters. The largest absolute Gasteiger partial charge is 0.495 e. The van der Waals surface area contributed by atoms with E-state index in [9.17, 15) is 18.0 Å². The molecule has 1 N–H and O–H groups in total. The summed E-state index contributed by atoms with van der Waals surface area (Å²) in [6.07, 6.45) is 1.78. The zero-order valence-corrected chi connectivity index (χ0v) is 20.8. The van der Waals surface area contributed by atoms with Crippen LogP contribution in [-0.4, -0.2) is 75.4 Å². The molecule has 4 heterocycles. The molecule has 1 fully saturated rings. The Labute approximate surface area is 207 Å². The molecule has 1 saturated heterocycles. The molecule has 12 heteroatoms. The van der Waals surface area contributed by atoms with Gasteiger partial charge in [-0.15, -0.1) is 0 Å². The lowest BCUT2D eigenvalue weighted by Gasteiger charge is -2.36. The number of fused-ring (bicyclic) bond motifs is 2. The van der Waals surface area contributed by atoms with Gasteiger partial charge in [0.25, 0.3) is 0 Å². The molecule has 1 unspecified atom stereocenters. The SMILES string of the molecule is CC(=O)N1CCCC1.COc1cc2c(cc1Nc1ncc3cnn(C)c3n1)C(C(F)(F)F)N(C)CC2. The van der Waals surface area contributed by atoms with Gasteiger partial charge in [-0.1, -0.05) is 0 Å². The summed E-state index contributed by atoms with van der Waals surface area (Å²) in [5, 5.41) is 7.87. The van der Waals surface area contributed by atoms with Gasteiger partial charge in [0.05, 0.1) is 24.4 Å². The van der Waals surface area contributed by atoms with Crippen molar-refractivity contribution in [3.63, 3.8) is 0 Å². The van der Waals surface area contributed by atoms with Crippen molar-refractivity contribution in [2.24, 2.45) is 7.05 Å².